The summed E-state index contributed by atoms with van der Waals surface area (Å²) in [5, 5.41) is 0. The normalized spacial score (nSPS) is 15.3. The Morgan fingerprint density at radius 1 is 1.25 bits per heavy atom. The van der Waals surface area contributed by atoms with Gasteiger partial charge in [-0.25, -0.2) is 0 Å². The van der Waals surface area contributed by atoms with Crippen molar-refractivity contribution in [2.45, 2.75) is 6.54 Å². The first-order valence-corrected chi connectivity index (χ1v) is 8.81. The predicted molar refractivity (Wildman–Crippen MR) is 95.2 cm³/mol. The third kappa shape index (κ3) is 4.13. The number of benzene rings is 1. The molecule has 24 heavy (non-hydrogen) atoms. The molecule has 1 amide bonds. The number of carbonyl (C=O) groups excluding carboxylic acids is 1. The van der Waals surface area contributed by atoms with E-state index in [0.29, 0.717) is 5.56 Å². The van der Waals surface area contributed by atoms with Crippen LogP contribution in [0.3, 0.4) is 0 Å². The smallest absolute Gasteiger partial charge is 0.255 e. The van der Waals surface area contributed by atoms with Crippen LogP contribution in [-0.2, 0) is 6.54 Å². The standard InChI is InChI=1S/C18H20BrN3O2/c1-24-17-4-2-14(3-5-17)13-21-6-8-22(9-7-21)18(23)15-10-16(19)12-20-11-15/h2-5,10-12H,6-9,13H2,1H3/p+1. The largest absolute Gasteiger partial charge is 0.497 e. The van der Waals surface area contributed by atoms with Gasteiger partial charge in [0.15, 0.2) is 0 Å². The lowest BCUT2D eigenvalue weighted by Gasteiger charge is -2.32. The molecule has 6 heteroatoms. The Labute approximate surface area is 150 Å². The minimum Gasteiger partial charge on any atom is -0.497 e. The molecule has 1 aliphatic heterocycles. The number of piperazine rings is 1. The van der Waals surface area contributed by atoms with Crippen molar-refractivity contribution < 1.29 is 14.4 Å². The zero-order chi connectivity index (χ0) is 16.9. The molecule has 3 rings (SSSR count). The summed E-state index contributed by atoms with van der Waals surface area (Å²) >= 11 is 3.37. The molecule has 5 nitrogen and oxygen atoms in total. The van der Waals surface area contributed by atoms with Crippen LogP contribution >= 0.6 is 15.9 Å². The van der Waals surface area contributed by atoms with Gasteiger partial charge >= 0.3 is 0 Å². The Bertz CT molecular complexity index is 698. The molecule has 1 saturated heterocycles. The molecule has 0 aliphatic carbocycles. The van der Waals surface area contributed by atoms with Crippen LogP contribution < -0.4 is 9.64 Å². The summed E-state index contributed by atoms with van der Waals surface area (Å²) in [6.45, 7) is 4.44. The second-order valence-electron chi connectivity index (χ2n) is 5.96. The van der Waals surface area contributed by atoms with Crippen molar-refractivity contribution in [1.82, 2.24) is 9.88 Å². The van der Waals surface area contributed by atoms with Crippen LogP contribution in [0.15, 0.2) is 47.2 Å². The Balaban J connectivity index is 1.54. The zero-order valence-electron chi connectivity index (χ0n) is 13.7. The minimum atomic E-state index is 0.0623. The summed E-state index contributed by atoms with van der Waals surface area (Å²) in [5.74, 6) is 0.944. The Morgan fingerprint density at radius 2 is 1.96 bits per heavy atom. The molecule has 0 bridgehead atoms. The Hall–Kier alpha value is -1.92. The highest BCUT2D eigenvalue weighted by atomic mass is 79.9. The molecule has 126 valence electrons. The molecule has 0 unspecified atom stereocenters. The Kier molecular flexibility index (Phi) is 5.48. The number of nitrogens with zero attached hydrogens (tertiary/aromatic N) is 2. The van der Waals surface area contributed by atoms with E-state index in [1.807, 2.05) is 23.1 Å². The maximum atomic E-state index is 12.5. The number of amides is 1. The number of carbonyl (C=O) groups is 1. The lowest BCUT2D eigenvalue weighted by Crippen LogP contribution is -3.13. The highest BCUT2D eigenvalue weighted by molar-refractivity contribution is 9.10. The van der Waals surface area contributed by atoms with Gasteiger partial charge in [0, 0.05) is 22.4 Å². The van der Waals surface area contributed by atoms with Gasteiger partial charge in [0.05, 0.1) is 38.9 Å². The lowest BCUT2D eigenvalue weighted by molar-refractivity contribution is -0.917. The van der Waals surface area contributed by atoms with Crippen LogP contribution in [0, 0.1) is 0 Å². The number of pyridine rings is 1. The molecule has 1 N–H and O–H groups in total. The minimum absolute atomic E-state index is 0.0623. The van der Waals surface area contributed by atoms with E-state index in [-0.39, 0.29) is 5.91 Å². The van der Waals surface area contributed by atoms with Crippen molar-refractivity contribution in [2.24, 2.45) is 0 Å². The van der Waals surface area contributed by atoms with E-state index in [1.165, 1.54) is 10.5 Å². The number of aromatic nitrogens is 1. The average Bonchev–Trinajstić information content (AvgIpc) is 2.62. The number of halogens is 1. The summed E-state index contributed by atoms with van der Waals surface area (Å²) in [7, 11) is 1.68. The SMILES string of the molecule is COc1ccc(C[NH+]2CCN(C(=O)c3cncc(Br)c3)CC2)cc1. The lowest BCUT2D eigenvalue weighted by atomic mass is 10.1. The van der Waals surface area contributed by atoms with E-state index in [1.54, 1.807) is 19.5 Å². The van der Waals surface area contributed by atoms with Crippen LogP contribution in [0.5, 0.6) is 5.75 Å². The topological polar surface area (TPSA) is 46.9 Å². The molecule has 0 saturated carbocycles. The third-order valence-corrected chi connectivity index (χ3v) is 4.76. The number of hydrogen-bond acceptors (Lipinski definition) is 3. The van der Waals surface area contributed by atoms with Gasteiger partial charge in [0.25, 0.3) is 5.91 Å². The van der Waals surface area contributed by atoms with E-state index in [2.05, 4.69) is 33.0 Å². The van der Waals surface area contributed by atoms with E-state index in [9.17, 15) is 4.79 Å². The van der Waals surface area contributed by atoms with Crippen molar-refractivity contribution in [2.75, 3.05) is 33.3 Å². The number of quaternary nitrogens is 1. The highest BCUT2D eigenvalue weighted by Gasteiger charge is 2.24. The summed E-state index contributed by atoms with van der Waals surface area (Å²) in [4.78, 5) is 20.0. The Morgan fingerprint density at radius 3 is 2.58 bits per heavy atom. The number of ether oxygens (including phenoxy) is 1. The van der Waals surface area contributed by atoms with Crippen molar-refractivity contribution in [3.8, 4) is 5.75 Å². The highest BCUT2D eigenvalue weighted by Crippen LogP contribution is 2.12. The first-order chi connectivity index (χ1) is 11.7. The van der Waals surface area contributed by atoms with Crippen molar-refractivity contribution in [1.29, 1.82) is 0 Å². The first-order valence-electron chi connectivity index (χ1n) is 8.02. The van der Waals surface area contributed by atoms with Crippen LogP contribution in [0.1, 0.15) is 15.9 Å². The van der Waals surface area contributed by atoms with E-state index >= 15 is 0 Å². The molecule has 1 aromatic heterocycles. The third-order valence-electron chi connectivity index (χ3n) is 4.32. The fourth-order valence-electron chi connectivity index (χ4n) is 2.95. The fourth-order valence-corrected chi connectivity index (χ4v) is 3.31. The summed E-state index contributed by atoms with van der Waals surface area (Å²) < 4.78 is 6.02. The molecule has 2 heterocycles. The number of nitrogens with one attached hydrogen (secondary N) is 1. The van der Waals surface area contributed by atoms with Gasteiger partial charge in [-0.3, -0.25) is 9.78 Å². The summed E-state index contributed by atoms with van der Waals surface area (Å²) in [5.41, 5.74) is 1.93. The van der Waals surface area contributed by atoms with Gasteiger partial charge in [-0.2, -0.15) is 0 Å². The molecule has 1 fully saturated rings. The van der Waals surface area contributed by atoms with Crippen LogP contribution in [0.2, 0.25) is 0 Å². The second kappa shape index (κ2) is 7.77. The van der Waals surface area contributed by atoms with Gasteiger partial charge in [0.1, 0.15) is 12.3 Å². The number of hydrogen-bond donors (Lipinski definition) is 1. The predicted octanol–water partition coefficient (Wildman–Crippen LogP) is 1.39. The maximum absolute atomic E-state index is 12.5. The molecule has 1 aromatic carbocycles. The molecular formula is C18H21BrN3O2+. The number of rotatable bonds is 4. The number of methoxy groups -OCH3 is 1. The van der Waals surface area contributed by atoms with Crippen LogP contribution in [0.25, 0.3) is 0 Å². The quantitative estimate of drug-likeness (QED) is 0.857. The maximum Gasteiger partial charge on any atom is 0.255 e. The van der Waals surface area contributed by atoms with Gasteiger partial charge in [-0.05, 0) is 46.3 Å². The molecule has 0 atom stereocenters. The fraction of sp³-hybridized carbons (Fsp3) is 0.333. The van der Waals surface area contributed by atoms with Gasteiger partial charge < -0.3 is 14.5 Å². The van der Waals surface area contributed by atoms with Crippen LogP contribution in [-0.4, -0.2) is 49.1 Å². The van der Waals surface area contributed by atoms with E-state index in [0.717, 1.165) is 42.9 Å². The zero-order valence-corrected chi connectivity index (χ0v) is 15.3. The summed E-state index contributed by atoms with van der Waals surface area (Å²) in [6, 6.07) is 10.0. The van der Waals surface area contributed by atoms with Crippen molar-refractivity contribution in [3.63, 3.8) is 0 Å². The van der Waals surface area contributed by atoms with Crippen molar-refractivity contribution >= 4 is 21.8 Å². The molecule has 2 aromatic rings. The van der Waals surface area contributed by atoms with Gasteiger partial charge in [-0.15, -0.1) is 0 Å². The van der Waals surface area contributed by atoms with Gasteiger partial charge in [-0.1, -0.05) is 0 Å². The monoisotopic (exact) mass is 390 g/mol. The van der Waals surface area contributed by atoms with Gasteiger partial charge in [0.2, 0.25) is 0 Å². The average molecular weight is 391 g/mol. The molecular weight excluding hydrogens is 370 g/mol. The van der Waals surface area contributed by atoms with Crippen molar-refractivity contribution in [3.05, 3.63) is 58.3 Å². The summed E-state index contributed by atoms with van der Waals surface area (Å²) in [6.07, 6.45) is 3.32. The second-order valence-corrected chi connectivity index (χ2v) is 6.87. The van der Waals surface area contributed by atoms with E-state index < -0.39 is 0 Å². The van der Waals surface area contributed by atoms with E-state index in [4.69, 9.17) is 4.74 Å². The molecule has 0 radical (unpaired) electrons. The first kappa shape index (κ1) is 16.9. The van der Waals surface area contributed by atoms with Crippen LogP contribution in [0.4, 0.5) is 0 Å². The molecule has 1 aliphatic rings. The molecule has 0 spiro atoms.